The largest absolute Gasteiger partial charge is 0.469 e. The van der Waals surface area contributed by atoms with Crippen LogP contribution in [0.15, 0.2) is 30.3 Å². The number of hydrogen-bond donors (Lipinski definition) is 1. The quantitative estimate of drug-likeness (QED) is 0.794. The van der Waals surface area contributed by atoms with Gasteiger partial charge in [-0.15, -0.1) is 0 Å². The number of piperazine rings is 1. The van der Waals surface area contributed by atoms with Gasteiger partial charge in [0.2, 0.25) is 5.91 Å². The molecule has 1 unspecified atom stereocenters. The number of benzene rings is 1. The monoisotopic (exact) mass is 248 g/mol. The summed E-state index contributed by atoms with van der Waals surface area (Å²) < 4.78 is 4.59. The third-order valence-electron chi connectivity index (χ3n) is 2.96. The summed E-state index contributed by atoms with van der Waals surface area (Å²) in [7, 11) is 1.32. The lowest BCUT2D eigenvalue weighted by atomic mass is 10.1. The number of ether oxygens (including phenoxy) is 1. The molecule has 1 fully saturated rings. The summed E-state index contributed by atoms with van der Waals surface area (Å²) in [6.45, 7) is 1.28. The molecular weight excluding hydrogens is 232 g/mol. The molecule has 1 saturated heterocycles. The first-order valence-corrected chi connectivity index (χ1v) is 5.89. The van der Waals surface area contributed by atoms with Crippen LogP contribution < -0.4 is 10.2 Å². The first-order chi connectivity index (χ1) is 8.72. The van der Waals surface area contributed by atoms with Crippen LogP contribution in [0.5, 0.6) is 0 Å². The minimum absolute atomic E-state index is 0.0681. The van der Waals surface area contributed by atoms with Gasteiger partial charge in [0, 0.05) is 18.8 Å². The fourth-order valence-electron chi connectivity index (χ4n) is 2.01. The van der Waals surface area contributed by atoms with Crippen molar-refractivity contribution in [1.29, 1.82) is 0 Å². The van der Waals surface area contributed by atoms with Crippen LogP contribution in [-0.4, -0.2) is 38.1 Å². The van der Waals surface area contributed by atoms with Gasteiger partial charge in [-0.1, -0.05) is 18.2 Å². The van der Waals surface area contributed by atoms with Crippen molar-refractivity contribution >= 4 is 17.6 Å². The molecule has 0 radical (unpaired) electrons. The maximum atomic E-state index is 12.2. The van der Waals surface area contributed by atoms with Crippen LogP contribution in [0.3, 0.4) is 0 Å². The van der Waals surface area contributed by atoms with Gasteiger partial charge in [0.05, 0.1) is 19.6 Å². The number of nitrogens with zero attached hydrogens (tertiary/aromatic N) is 1. The summed E-state index contributed by atoms with van der Waals surface area (Å²) in [6.07, 6.45) is 0.0681. The van der Waals surface area contributed by atoms with E-state index in [1.165, 1.54) is 7.11 Å². The number of para-hydroxylation sites is 1. The van der Waals surface area contributed by atoms with Crippen molar-refractivity contribution in [2.24, 2.45) is 0 Å². The van der Waals surface area contributed by atoms with Crippen molar-refractivity contribution in [2.75, 3.05) is 25.1 Å². The van der Waals surface area contributed by atoms with E-state index in [1.807, 2.05) is 30.3 Å². The molecule has 1 heterocycles. The molecule has 96 valence electrons. The van der Waals surface area contributed by atoms with Crippen molar-refractivity contribution in [3.8, 4) is 0 Å². The second-order valence-corrected chi connectivity index (χ2v) is 4.11. The Morgan fingerprint density at radius 2 is 2.17 bits per heavy atom. The molecule has 1 amide bonds. The number of rotatable bonds is 3. The summed E-state index contributed by atoms with van der Waals surface area (Å²) >= 11 is 0. The van der Waals surface area contributed by atoms with Gasteiger partial charge in [0.1, 0.15) is 0 Å². The summed E-state index contributed by atoms with van der Waals surface area (Å²) in [5, 5.41) is 3.04. The van der Waals surface area contributed by atoms with E-state index in [2.05, 4.69) is 10.1 Å². The lowest BCUT2D eigenvalue weighted by Crippen LogP contribution is -2.56. The number of methoxy groups -OCH3 is 1. The number of carbonyl (C=O) groups is 2. The van der Waals surface area contributed by atoms with Crippen molar-refractivity contribution in [2.45, 2.75) is 12.5 Å². The second-order valence-electron chi connectivity index (χ2n) is 4.11. The highest BCUT2D eigenvalue weighted by atomic mass is 16.5. The topological polar surface area (TPSA) is 58.6 Å². The van der Waals surface area contributed by atoms with E-state index in [9.17, 15) is 9.59 Å². The average Bonchev–Trinajstić information content (AvgIpc) is 2.42. The Morgan fingerprint density at radius 3 is 2.83 bits per heavy atom. The number of amides is 1. The highest BCUT2D eigenvalue weighted by Crippen LogP contribution is 2.17. The fourth-order valence-corrected chi connectivity index (χ4v) is 2.01. The Bertz CT molecular complexity index is 433. The van der Waals surface area contributed by atoms with Crippen LogP contribution in [0.4, 0.5) is 5.69 Å². The van der Waals surface area contributed by atoms with E-state index in [-0.39, 0.29) is 18.3 Å². The van der Waals surface area contributed by atoms with Gasteiger partial charge >= 0.3 is 5.97 Å². The zero-order chi connectivity index (χ0) is 13.0. The summed E-state index contributed by atoms with van der Waals surface area (Å²) in [4.78, 5) is 25.2. The second kappa shape index (κ2) is 5.64. The SMILES string of the molecule is COC(=O)CC1NCCN(c2ccccc2)C1=O. The van der Waals surface area contributed by atoms with Crippen molar-refractivity contribution in [3.63, 3.8) is 0 Å². The molecule has 2 rings (SSSR count). The van der Waals surface area contributed by atoms with E-state index in [0.717, 1.165) is 5.69 Å². The van der Waals surface area contributed by atoms with Gasteiger partial charge in [0.15, 0.2) is 0 Å². The van der Waals surface area contributed by atoms with Crippen LogP contribution >= 0.6 is 0 Å². The lowest BCUT2D eigenvalue weighted by Gasteiger charge is -2.32. The normalized spacial score (nSPS) is 19.7. The molecule has 18 heavy (non-hydrogen) atoms. The molecule has 0 aromatic heterocycles. The van der Waals surface area contributed by atoms with Gasteiger partial charge in [-0.25, -0.2) is 0 Å². The molecule has 5 heteroatoms. The minimum atomic E-state index is -0.494. The number of hydrogen-bond acceptors (Lipinski definition) is 4. The van der Waals surface area contributed by atoms with E-state index in [1.54, 1.807) is 4.90 Å². The maximum absolute atomic E-state index is 12.2. The molecule has 0 spiro atoms. The average molecular weight is 248 g/mol. The third kappa shape index (κ3) is 2.68. The Hall–Kier alpha value is -1.88. The number of esters is 1. The zero-order valence-electron chi connectivity index (χ0n) is 10.3. The molecule has 1 N–H and O–H groups in total. The van der Waals surface area contributed by atoms with E-state index in [0.29, 0.717) is 13.1 Å². The van der Waals surface area contributed by atoms with E-state index in [4.69, 9.17) is 0 Å². The first kappa shape index (κ1) is 12.6. The molecule has 0 aliphatic carbocycles. The van der Waals surface area contributed by atoms with Gasteiger partial charge in [0.25, 0.3) is 0 Å². The molecule has 1 aromatic rings. The molecule has 1 aliphatic rings. The number of carbonyl (C=O) groups excluding carboxylic acids is 2. The van der Waals surface area contributed by atoms with Crippen molar-refractivity contribution in [3.05, 3.63) is 30.3 Å². The Labute approximate surface area is 106 Å². The van der Waals surface area contributed by atoms with Gasteiger partial charge < -0.3 is 15.0 Å². The Balaban J connectivity index is 2.10. The maximum Gasteiger partial charge on any atom is 0.307 e. The highest BCUT2D eigenvalue weighted by molar-refractivity contribution is 5.99. The lowest BCUT2D eigenvalue weighted by molar-refractivity contribution is -0.143. The van der Waals surface area contributed by atoms with E-state index >= 15 is 0 Å². The highest BCUT2D eigenvalue weighted by Gasteiger charge is 2.30. The standard InChI is InChI=1S/C13H16N2O3/c1-18-12(16)9-11-13(17)15(8-7-14-11)10-5-3-2-4-6-10/h2-6,11,14H,7-9H2,1H3. The molecule has 5 nitrogen and oxygen atoms in total. The molecular formula is C13H16N2O3. The first-order valence-electron chi connectivity index (χ1n) is 5.89. The van der Waals surface area contributed by atoms with Crippen molar-refractivity contribution in [1.82, 2.24) is 5.32 Å². The Kier molecular flexibility index (Phi) is 3.94. The van der Waals surface area contributed by atoms with Crippen LogP contribution in [0.2, 0.25) is 0 Å². The molecule has 0 saturated carbocycles. The fraction of sp³-hybridized carbons (Fsp3) is 0.385. The minimum Gasteiger partial charge on any atom is -0.469 e. The van der Waals surface area contributed by atoms with Gasteiger partial charge in [-0.05, 0) is 12.1 Å². The summed E-state index contributed by atoms with van der Waals surface area (Å²) in [5.41, 5.74) is 0.860. The predicted octanol–water partition coefficient (Wildman–Crippen LogP) is 0.554. The summed E-state index contributed by atoms with van der Waals surface area (Å²) in [6, 6.07) is 8.96. The van der Waals surface area contributed by atoms with Gasteiger partial charge in [-0.3, -0.25) is 9.59 Å². The predicted molar refractivity (Wildman–Crippen MR) is 67.2 cm³/mol. The van der Waals surface area contributed by atoms with Crippen LogP contribution in [0.25, 0.3) is 0 Å². The van der Waals surface area contributed by atoms with Crippen LogP contribution in [0.1, 0.15) is 6.42 Å². The molecule has 1 aromatic carbocycles. The third-order valence-corrected chi connectivity index (χ3v) is 2.96. The van der Waals surface area contributed by atoms with E-state index < -0.39 is 6.04 Å². The molecule has 1 atom stereocenters. The molecule has 0 bridgehead atoms. The Morgan fingerprint density at radius 1 is 1.44 bits per heavy atom. The van der Waals surface area contributed by atoms with Crippen LogP contribution in [0, 0.1) is 0 Å². The molecule has 1 aliphatic heterocycles. The number of anilines is 1. The number of nitrogens with one attached hydrogen (secondary N) is 1. The zero-order valence-corrected chi connectivity index (χ0v) is 10.3. The smallest absolute Gasteiger partial charge is 0.307 e. The van der Waals surface area contributed by atoms with Crippen molar-refractivity contribution < 1.29 is 14.3 Å². The summed E-state index contributed by atoms with van der Waals surface area (Å²) in [5.74, 6) is -0.464. The van der Waals surface area contributed by atoms with Gasteiger partial charge in [-0.2, -0.15) is 0 Å². The van der Waals surface area contributed by atoms with Crippen LogP contribution in [-0.2, 0) is 14.3 Å².